The van der Waals surface area contributed by atoms with Crippen molar-refractivity contribution in [1.29, 1.82) is 0 Å². The van der Waals surface area contributed by atoms with Gasteiger partial charge in [-0.05, 0) is 38.1 Å². The summed E-state index contributed by atoms with van der Waals surface area (Å²) in [6.07, 6.45) is 5.21. The Balaban J connectivity index is 1.45. The Bertz CT molecular complexity index is 371. The minimum absolute atomic E-state index is 0.151. The fourth-order valence-electron chi connectivity index (χ4n) is 4.36. The molecular weight excluding hydrogens is 262 g/mol. The lowest BCUT2D eigenvalue weighted by atomic mass is 9.60. The highest BCUT2D eigenvalue weighted by Crippen LogP contribution is 2.51. The first-order chi connectivity index (χ1) is 9.99. The smallest absolute Gasteiger partial charge is 0.225 e. The van der Waals surface area contributed by atoms with Crippen LogP contribution >= 0.6 is 0 Å². The average Bonchev–Trinajstić information content (AvgIpc) is 2.45. The molecule has 3 rings (SSSR count). The number of carbonyl (C=O) groups excluding carboxylic acids is 1. The number of piperazine rings is 1. The van der Waals surface area contributed by atoms with E-state index in [2.05, 4.69) is 21.7 Å². The molecule has 2 saturated heterocycles. The SMILES string of the molecule is CC(C)C(=O)N1CCC2(CC1)CC(N1CCN(C)CC1)C2. The van der Waals surface area contributed by atoms with E-state index >= 15 is 0 Å². The Hall–Kier alpha value is -0.610. The van der Waals surface area contributed by atoms with Crippen LogP contribution in [-0.4, -0.2) is 73.0 Å². The minimum Gasteiger partial charge on any atom is -0.342 e. The highest BCUT2D eigenvalue weighted by molar-refractivity contribution is 5.78. The molecule has 0 N–H and O–H groups in total. The predicted octanol–water partition coefficient (Wildman–Crippen LogP) is 1.66. The summed E-state index contributed by atoms with van der Waals surface area (Å²) in [5.74, 6) is 0.498. The van der Waals surface area contributed by atoms with Gasteiger partial charge in [-0.3, -0.25) is 9.69 Å². The van der Waals surface area contributed by atoms with E-state index < -0.39 is 0 Å². The van der Waals surface area contributed by atoms with Gasteiger partial charge in [-0.25, -0.2) is 0 Å². The summed E-state index contributed by atoms with van der Waals surface area (Å²) in [6.45, 7) is 10.9. The number of amides is 1. The largest absolute Gasteiger partial charge is 0.342 e. The molecule has 1 spiro atoms. The number of likely N-dealkylation sites (tertiary alicyclic amines) is 1. The monoisotopic (exact) mass is 293 g/mol. The first kappa shape index (κ1) is 15.3. The molecule has 3 fully saturated rings. The summed E-state index contributed by atoms with van der Waals surface area (Å²) in [4.78, 5) is 19.3. The number of hydrogen-bond donors (Lipinski definition) is 0. The van der Waals surface area contributed by atoms with E-state index in [0.29, 0.717) is 11.3 Å². The molecular formula is C17H31N3O. The van der Waals surface area contributed by atoms with Crippen LogP contribution < -0.4 is 0 Å². The molecule has 0 unspecified atom stereocenters. The van der Waals surface area contributed by atoms with E-state index in [0.717, 1.165) is 19.1 Å². The predicted molar refractivity (Wildman–Crippen MR) is 85.2 cm³/mol. The number of nitrogens with zero attached hydrogens (tertiary/aromatic N) is 3. The van der Waals surface area contributed by atoms with Crippen LogP contribution in [0.3, 0.4) is 0 Å². The maximum Gasteiger partial charge on any atom is 0.225 e. The molecule has 0 radical (unpaired) electrons. The van der Waals surface area contributed by atoms with Crippen molar-refractivity contribution >= 4 is 5.91 Å². The van der Waals surface area contributed by atoms with Crippen LogP contribution in [0.4, 0.5) is 0 Å². The van der Waals surface area contributed by atoms with Crippen LogP contribution in [0.1, 0.15) is 39.5 Å². The van der Waals surface area contributed by atoms with Gasteiger partial charge in [-0.1, -0.05) is 13.8 Å². The summed E-state index contributed by atoms with van der Waals surface area (Å²) in [5.41, 5.74) is 0.571. The quantitative estimate of drug-likeness (QED) is 0.775. The van der Waals surface area contributed by atoms with Gasteiger partial charge in [0.05, 0.1) is 0 Å². The lowest BCUT2D eigenvalue weighted by Crippen LogP contribution is -2.59. The zero-order chi connectivity index (χ0) is 15.0. The molecule has 1 aliphatic carbocycles. The molecule has 1 amide bonds. The fraction of sp³-hybridized carbons (Fsp3) is 0.941. The average molecular weight is 293 g/mol. The van der Waals surface area contributed by atoms with Gasteiger partial charge in [-0.2, -0.15) is 0 Å². The first-order valence-electron chi connectivity index (χ1n) is 8.70. The first-order valence-corrected chi connectivity index (χ1v) is 8.70. The van der Waals surface area contributed by atoms with E-state index in [1.807, 2.05) is 13.8 Å². The molecule has 0 atom stereocenters. The number of hydrogen-bond acceptors (Lipinski definition) is 3. The normalized spacial score (nSPS) is 28.1. The molecule has 4 heteroatoms. The maximum atomic E-state index is 12.1. The third-order valence-electron chi connectivity index (χ3n) is 6.02. The molecule has 4 nitrogen and oxygen atoms in total. The summed E-state index contributed by atoms with van der Waals surface area (Å²) >= 11 is 0. The van der Waals surface area contributed by atoms with E-state index in [9.17, 15) is 4.79 Å². The van der Waals surface area contributed by atoms with Gasteiger partial charge < -0.3 is 9.80 Å². The Kier molecular flexibility index (Phi) is 4.28. The molecule has 0 aromatic rings. The second-order valence-corrected chi connectivity index (χ2v) is 7.88. The van der Waals surface area contributed by atoms with Gasteiger partial charge in [0.25, 0.3) is 0 Å². The third-order valence-corrected chi connectivity index (χ3v) is 6.02. The van der Waals surface area contributed by atoms with Crippen molar-refractivity contribution in [3.63, 3.8) is 0 Å². The molecule has 3 aliphatic rings. The van der Waals surface area contributed by atoms with Gasteiger partial charge in [0, 0.05) is 51.2 Å². The molecule has 1 saturated carbocycles. The molecule has 0 aromatic heterocycles. The van der Waals surface area contributed by atoms with Crippen LogP contribution in [0.25, 0.3) is 0 Å². The molecule has 120 valence electrons. The highest BCUT2D eigenvalue weighted by atomic mass is 16.2. The standard InChI is InChI=1S/C17H31N3O/c1-14(2)16(21)20-6-4-17(5-7-20)12-15(13-17)19-10-8-18(3)9-11-19/h14-15H,4-13H2,1-3H3. The van der Waals surface area contributed by atoms with Crippen molar-refractivity contribution in [2.24, 2.45) is 11.3 Å². The van der Waals surface area contributed by atoms with E-state index in [1.165, 1.54) is 51.9 Å². The number of rotatable bonds is 2. The van der Waals surface area contributed by atoms with Crippen LogP contribution in [0, 0.1) is 11.3 Å². The number of carbonyl (C=O) groups is 1. The van der Waals surface area contributed by atoms with Crippen molar-refractivity contribution in [1.82, 2.24) is 14.7 Å². The molecule has 0 bridgehead atoms. The number of piperidine rings is 1. The van der Waals surface area contributed by atoms with Gasteiger partial charge in [-0.15, -0.1) is 0 Å². The Morgan fingerprint density at radius 1 is 1.00 bits per heavy atom. The van der Waals surface area contributed by atoms with E-state index in [4.69, 9.17) is 0 Å². The van der Waals surface area contributed by atoms with Crippen LogP contribution in [-0.2, 0) is 4.79 Å². The number of likely N-dealkylation sites (N-methyl/N-ethyl adjacent to an activating group) is 1. The second kappa shape index (κ2) is 5.88. The van der Waals surface area contributed by atoms with Crippen LogP contribution in [0.15, 0.2) is 0 Å². The lowest BCUT2D eigenvalue weighted by Gasteiger charge is -2.56. The van der Waals surface area contributed by atoms with E-state index in [-0.39, 0.29) is 5.92 Å². The van der Waals surface area contributed by atoms with Gasteiger partial charge in [0.1, 0.15) is 0 Å². The highest BCUT2D eigenvalue weighted by Gasteiger charge is 2.48. The van der Waals surface area contributed by atoms with Crippen molar-refractivity contribution in [3.8, 4) is 0 Å². The second-order valence-electron chi connectivity index (χ2n) is 7.88. The van der Waals surface area contributed by atoms with Gasteiger partial charge in [0.2, 0.25) is 5.91 Å². The molecule has 2 aliphatic heterocycles. The van der Waals surface area contributed by atoms with E-state index in [1.54, 1.807) is 0 Å². The van der Waals surface area contributed by atoms with Gasteiger partial charge >= 0.3 is 0 Å². The maximum absolute atomic E-state index is 12.1. The summed E-state index contributed by atoms with van der Waals surface area (Å²) < 4.78 is 0. The Morgan fingerprint density at radius 2 is 1.57 bits per heavy atom. The van der Waals surface area contributed by atoms with Crippen molar-refractivity contribution in [2.45, 2.75) is 45.6 Å². The van der Waals surface area contributed by atoms with Crippen LogP contribution in [0.2, 0.25) is 0 Å². The zero-order valence-corrected chi connectivity index (χ0v) is 14.0. The van der Waals surface area contributed by atoms with Crippen molar-refractivity contribution < 1.29 is 4.79 Å². The summed E-state index contributed by atoms with van der Waals surface area (Å²) in [5, 5.41) is 0. The van der Waals surface area contributed by atoms with Gasteiger partial charge in [0.15, 0.2) is 0 Å². The Morgan fingerprint density at radius 3 is 2.10 bits per heavy atom. The summed E-state index contributed by atoms with van der Waals surface area (Å²) in [7, 11) is 2.22. The molecule has 0 aromatic carbocycles. The molecule has 21 heavy (non-hydrogen) atoms. The lowest BCUT2D eigenvalue weighted by molar-refractivity contribution is -0.139. The zero-order valence-electron chi connectivity index (χ0n) is 14.0. The summed E-state index contributed by atoms with van der Waals surface area (Å²) in [6, 6.07) is 0.825. The van der Waals surface area contributed by atoms with Crippen LogP contribution in [0.5, 0.6) is 0 Å². The fourth-order valence-corrected chi connectivity index (χ4v) is 4.36. The minimum atomic E-state index is 0.151. The van der Waals surface area contributed by atoms with Crippen molar-refractivity contribution in [3.05, 3.63) is 0 Å². The third kappa shape index (κ3) is 3.11. The van der Waals surface area contributed by atoms with Crippen molar-refractivity contribution in [2.75, 3.05) is 46.3 Å². The topological polar surface area (TPSA) is 26.8 Å². The molecule has 2 heterocycles. The Labute approximate surface area is 129 Å².